The van der Waals surface area contributed by atoms with Gasteiger partial charge in [0.05, 0.1) is 22.7 Å². The van der Waals surface area contributed by atoms with Gasteiger partial charge in [0, 0.05) is 25.1 Å². The normalized spacial score (nSPS) is 26.0. The maximum atomic E-state index is 13.2. The lowest BCUT2D eigenvalue weighted by Crippen LogP contribution is -2.40. The third-order valence-corrected chi connectivity index (χ3v) is 9.72. The molecule has 7 rings (SSSR count). The van der Waals surface area contributed by atoms with Gasteiger partial charge in [0.15, 0.2) is 22.8 Å². The molecule has 0 radical (unpaired) electrons. The maximum absolute atomic E-state index is 13.2. The number of fused-ring (bicyclic) bond motifs is 4. The smallest absolute Gasteiger partial charge is 0.294 e. The molecular formula is C32H32N6O6S. The maximum Gasteiger partial charge on any atom is 0.294 e. The van der Waals surface area contributed by atoms with Crippen LogP contribution in [0.25, 0.3) is 11.2 Å². The fourth-order valence-corrected chi connectivity index (χ4v) is 7.30. The fraction of sp³-hybridized carbons (Fsp3) is 0.375. The summed E-state index contributed by atoms with van der Waals surface area (Å²) in [5.74, 6) is 6.11. The van der Waals surface area contributed by atoms with E-state index in [1.807, 2.05) is 48.7 Å². The van der Waals surface area contributed by atoms with E-state index >= 15 is 0 Å². The van der Waals surface area contributed by atoms with Gasteiger partial charge in [-0.25, -0.2) is 15.0 Å². The molecule has 2 saturated carbocycles. The highest BCUT2D eigenvalue weighted by Gasteiger charge is 2.79. The first-order chi connectivity index (χ1) is 21.5. The molecule has 3 fully saturated rings. The third-order valence-electron chi connectivity index (χ3n) is 8.86. The zero-order valence-electron chi connectivity index (χ0n) is 24.9. The third kappa shape index (κ3) is 5.13. The van der Waals surface area contributed by atoms with Crippen LogP contribution in [-0.4, -0.2) is 70.0 Å². The molecule has 12 nitrogen and oxygen atoms in total. The molecule has 5 atom stereocenters. The first kappa shape index (κ1) is 29.4. The Morgan fingerprint density at radius 3 is 2.56 bits per heavy atom. The van der Waals surface area contributed by atoms with E-state index in [-0.39, 0.29) is 28.9 Å². The van der Waals surface area contributed by atoms with Crippen molar-refractivity contribution in [1.82, 2.24) is 24.8 Å². The topological polar surface area (TPSA) is 158 Å². The van der Waals surface area contributed by atoms with Gasteiger partial charge < -0.3 is 24.7 Å². The minimum atomic E-state index is -4.26. The van der Waals surface area contributed by atoms with Crippen molar-refractivity contribution in [3.8, 4) is 11.8 Å². The standard InChI is InChI=1S/C32H32N6O6S/c1-31(2)43-26-25(22-17-32(22,27(26)44-31)30(39)33-3)38-18-35-24-28(34-16-15-20-9-12-21(13-10-20)45(40,41)42)36-23(37-29(24)38)14-11-19-7-5-4-6-8-19/h4-10,12-13,18,22,25-27H,15-17H2,1-3H3,(H,33,39)(H,34,36,37)(H,40,41,42)/t22-,25-,26+,27+,32+/m1/s1. The molecule has 13 heteroatoms. The average molecular weight is 629 g/mol. The molecule has 1 aliphatic heterocycles. The summed E-state index contributed by atoms with van der Waals surface area (Å²) in [5, 5.41) is 6.19. The number of benzene rings is 2. The number of carbonyl (C=O) groups excluding carboxylic acids is 1. The van der Waals surface area contributed by atoms with Gasteiger partial charge in [-0.1, -0.05) is 36.3 Å². The van der Waals surface area contributed by atoms with Crippen LogP contribution in [0.5, 0.6) is 0 Å². The van der Waals surface area contributed by atoms with Gasteiger partial charge in [-0.05, 0) is 62.4 Å². The van der Waals surface area contributed by atoms with Crippen molar-refractivity contribution in [2.24, 2.45) is 11.3 Å². The highest BCUT2D eigenvalue weighted by atomic mass is 32.2. The highest BCUT2D eigenvalue weighted by molar-refractivity contribution is 7.85. The Morgan fingerprint density at radius 2 is 1.84 bits per heavy atom. The SMILES string of the molecule is CNC(=O)[C@@]12C[C@@H]1[C@@H](n1cnc3c(NCCc4ccc(S(=O)(=O)O)cc4)nc(C#Cc4ccccc4)nc31)[C@@H]1OC(C)(C)O[C@@H]12. The molecule has 2 aromatic heterocycles. The Bertz CT molecular complexity index is 1970. The van der Waals surface area contributed by atoms with Crippen molar-refractivity contribution in [3.05, 3.63) is 77.9 Å². The number of carbonyl (C=O) groups is 1. The van der Waals surface area contributed by atoms with Crippen molar-refractivity contribution >= 4 is 33.0 Å². The van der Waals surface area contributed by atoms with Crippen LogP contribution in [0.4, 0.5) is 5.82 Å². The van der Waals surface area contributed by atoms with Crippen LogP contribution in [-0.2, 0) is 30.8 Å². The Kier molecular flexibility index (Phi) is 6.94. The molecule has 1 saturated heterocycles. The summed E-state index contributed by atoms with van der Waals surface area (Å²) in [6.07, 6.45) is 2.17. The molecule has 3 heterocycles. The number of nitrogens with zero attached hydrogens (tertiary/aromatic N) is 4. The monoisotopic (exact) mass is 628 g/mol. The van der Waals surface area contributed by atoms with Crippen LogP contribution in [0.2, 0.25) is 0 Å². The van der Waals surface area contributed by atoms with E-state index in [1.54, 1.807) is 25.5 Å². The molecular weight excluding hydrogens is 596 g/mol. The molecule has 45 heavy (non-hydrogen) atoms. The van der Waals surface area contributed by atoms with E-state index in [1.165, 1.54) is 12.1 Å². The van der Waals surface area contributed by atoms with Crippen LogP contribution in [0, 0.1) is 23.2 Å². The van der Waals surface area contributed by atoms with Gasteiger partial charge in [0.25, 0.3) is 10.1 Å². The van der Waals surface area contributed by atoms with Crippen molar-refractivity contribution in [1.29, 1.82) is 0 Å². The second kappa shape index (κ2) is 10.6. The fourth-order valence-electron chi connectivity index (χ4n) is 6.82. The molecule has 0 unspecified atom stereocenters. The number of rotatable bonds is 7. The second-order valence-electron chi connectivity index (χ2n) is 12.1. The van der Waals surface area contributed by atoms with Gasteiger partial charge >= 0.3 is 0 Å². The Hall–Kier alpha value is -4.35. The largest absolute Gasteiger partial charge is 0.368 e. The van der Waals surface area contributed by atoms with Crippen LogP contribution < -0.4 is 10.6 Å². The summed E-state index contributed by atoms with van der Waals surface area (Å²) in [6.45, 7) is 4.18. The van der Waals surface area contributed by atoms with Gasteiger partial charge in [-0.2, -0.15) is 8.42 Å². The summed E-state index contributed by atoms with van der Waals surface area (Å²) in [4.78, 5) is 27.3. The molecule has 4 aromatic rings. The Balaban J connectivity index is 1.24. The molecule has 3 aliphatic rings. The Labute approximate surface area is 260 Å². The molecule has 1 amide bonds. The van der Waals surface area contributed by atoms with Crippen LogP contribution in [0.1, 0.15) is 43.3 Å². The van der Waals surface area contributed by atoms with E-state index in [2.05, 4.69) is 22.5 Å². The molecule has 0 spiro atoms. The summed E-state index contributed by atoms with van der Waals surface area (Å²) < 4.78 is 46.8. The second-order valence-corrected chi connectivity index (χ2v) is 13.5. The molecule has 3 N–H and O–H groups in total. The summed E-state index contributed by atoms with van der Waals surface area (Å²) >= 11 is 0. The first-order valence-electron chi connectivity index (χ1n) is 14.7. The predicted molar refractivity (Wildman–Crippen MR) is 164 cm³/mol. The summed E-state index contributed by atoms with van der Waals surface area (Å²) in [5.41, 5.74) is 2.13. The number of amides is 1. The predicted octanol–water partition coefficient (Wildman–Crippen LogP) is 2.95. The molecule has 2 aromatic carbocycles. The number of nitrogens with one attached hydrogen (secondary N) is 2. The lowest BCUT2D eigenvalue weighted by Gasteiger charge is -2.24. The number of hydrogen-bond acceptors (Lipinski definition) is 9. The first-order valence-corrected chi connectivity index (χ1v) is 16.1. The summed E-state index contributed by atoms with van der Waals surface area (Å²) in [7, 11) is -2.61. The quantitative estimate of drug-likeness (QED) is 0.205. The van der Waals surface area contributed by atoms with Crippen molar-refractivity contribution < 1.29 is 27.2 Å². The van der Waals surface area contributed by atoms with Crippen LogP contribution in [0.15, 0.2) is 65.8 Å². The van der Waals surface area contributed by atoms with Crippen LogP contribution in [0.3, 0.4) is 0 Å². The van der Waals surface area contributed by atoms with Gasteiger partial charge in [0.2, 0.25) is 11.7 Å². The molecule has 2 aliphatic carbocycles. The highest BCUT2D eigenvalue weighted by Crippen LogP contribution is 2.71. The zero-order chi connectivity index (χ0) is 31.6. The zero-order valence-corrected chi connectivity index (χ0v) is 25.7. The number of aromatic nitrogens is 4. The van der Waals surface area contributed by atoms with E-state index in [0.717, 1.165) is 11.1 Å². The van der Waals surface area contributed by atoms with Crippen molar-refractivity contribution in [2.45, 2.75) is 55.6 Å². The minimum Gasteiger partial charge on any atom is -0.368 e. The number of ether oxygens (including phenoxy) is 2. The number of hydrogen-bond donors (Lipinski definition) is 3. The lowest BCUT2D eigenvalue weighted by atomic mass is 9.98. The van der Waals surface area contributed by atoms with Crippen molar-refractivity contribution in [3.63, 3.8) is 0 Å². The lowest BCUT2D eigenvalue weighted by molar-refractivity contribution is -0.164. The van der Waals surface area contributed by atoms with Gasteiger partial charge in [-0.15, -0.1) is 0 Å². The van der Waals surface area contributed by atoms with Crippen LogP contribution >= 0.6 is 0 Å². The van der Waals surface area contributed by atoms with E-state index < -0.39 is 27.4 Å². The Morgan fingerprint density at radius 1 is 1.09 bits per heavy atom. The van der Waals surface area contributed by atoms with E-state index in [4.69, 9.17) is 24.4 Å². The average Bonchev–Trinajstić information content (AvgIpc) is 3.33. The number of anilines is 1. The van der Waals surface area contributed by atoms with Crippen molar-refractivity contribution in [2.75, 3.05) is 18.9 Å². The van der Waals surface area contributed by atoms with E-state index in [9.17, 15) is 17.8 Å². The number of imidazole rings is 1. The van der Waals surface area contributed by atoms with Gasteiger partial charge in [0.1, 0.15) is 12.2 Å². The minimum absolute atomic E-state index is 0.0168. The summed E-state index contributed by atoms with van der Waals surface area (Å²) in [6, 6.07) is 15.4. The molecule has 0 bridgehead atoms. The van der Waals surface area contributed by atoms with Gasteiger partial charge in [-0.3, -0.25) is 9.35 Å². The van der Waals surface area contributed by atoms with E-state index in [0.29, 0.717) is 42.2 Å². The molecule has 232 valence electrons.